The molecule has 0 bridgehead atoms. The number of carbonyl (C=O) groups excluding carboxylic acids is 1. The number of nitrogens with one attached hydrogen (secondary N) is 2. The highest BCUT2D eigenvalue weighted by molar-refractivity contribution is 6.30. The molecule has 1 aliphatic rings. The maximum atomic E-state index is 13.0. The van der Waals surface area contributed by atoms with Crippen LogP contribution in [0.4, 0.5) is 11.8 Å². The van der Waals surface area contributed by atoms with Crippen molar-refractivity contribution < 1.29 is 9.53 Å². The molecule has 9 heteroatoms. The van der Waals surface area contributed by atoms with Crippen LogP contribution in [0.25, 0.3) is 0 Å². The Bertz CT molecular complexity index is 1130. The van der Waals surface area contributed by atoms with Gasteiger partial charge in [-0.25, -0.2) is 9.97 Å². The summed E-state index contributed by atoms with van der Waals surface area (Å²) in [6, 6.07) is 10.8. The number of halogens is 1. The summed E-state index contributed by atoms with van der Waals surface area (Å²) in [5.41, 5.74) is 1.44. The van der Waals surface area contributed by atoms with E-state index in [9.17, 15) is 4.79 Å². The Morgan fingerprint density at radius 2 is 1.76 bits per heavy atom. The molecule has 1 aromatic carbocycles. The van der Waals surface area contributed by atoms with Crippen LogP contribution >= 0.6 is 11.6 Å². The van der Waals surface area contributed by atoms with Crippen LogP contribution in [0.15, 0.2) is 48.8 Å². The van der Waals surface area contributed by atoms with E-state index in [1.165, 1.54) is 0 Å². The lowest BCUT2D eigenvalue weighted by Crippen LogP contribution is -2.40. The molecule has 2 N–H and O–H groups in total. The Morgan fingerprint density at radius 1 is 1.06 bits per heavy atom. The molecule has 8 nitrogen and oxygen atoms in total. The number of pyridine rings is 1. The standard InChI is InChI=1S/C25H29ClN6O2/c1-16-15-28-25(31-22(16)32(2)3)30-19-10-8-18(9-11-19)29-23(33)21-5-4-14-27-24(21)34-20-12-6-17(26)7-13-20/h4-7,12-15,18-19H,8-11H2,1-3H3,(H,29,33)(H,28,30,31)/t18-,19+. The third-order valence-corrected chi connectivity index (χ3v) is 6.06. The fourth-order valence-corrected chi connectivity index (χ4v) is 4.17. The molecule has 0 radical (unpaired) electrons. The number of aromatic nitrogens is 3. The molecule has 0 atom stereocenters. The number of rotatable bonds is 7. The zero-order chi connectivity index (χ0) is 24.1. The predicted molar refractivity (Wildman–Crippen MR) is 134 cm³/mol. The fraction of sp³-hybridized carbons (Fsp3) is 0.360. The maximum Gasteiger partial charge on any atom is 0.257 e. The number of hydrogen-bond acceptors (Lipinski definition) is 7. The van der Waals surface area contributed by atoms with Crippen molar-refractivity contribution in [2.24, 2.45) is 0 Å². The number of hydrogen-bond donors (Lipinski definition) is 2. The van der Waals surface area contributed by atoms with Crippen LogP contribution in [0.3, 0.4) is 0 Å². The SMILES string of the molecule is Cc1cnc(N[C@H]2CC[C@@H](NC(=O)c3cccnc3Oc3ccc(Cl)cc3)CC2)nc1N(C)C. The predicted octanol–water partition coefficient (Wildman–Crippen LogP) is 4.84. The van der Waals surface area contributed by atoms with Crippen LogP contribution in [0.2, 0.25) is 5.02 Å². The van der Waals surface area contributed by atoms with E-state index < -0.39 is 0 Å². The van der Waals surface area contributed by atoms with Crippen LogP contribution in [0, 0.1) is 6.92 Å². The highest BCUT2D eigenvalue weighted by Crippen LogP contribution is 2.26. The average Bonchev–Trinajstić information content (AvgIpc) is 2.83. The Morgan fingerprint density at radius 3 is 2.47 bits per heavy atom. The molecule has 1 amide bonds. The Kier molecular flexibility index (Phi) is 7.47. The summed E-state index contributed by atoms with van der Waals surface area (Å²) in [5.74, 6) is 2.20. The van der Waals surface area contributed by atoms with E-state index in [2.05, 4.69) is 25.6 Å². The Labute approximate surface area is 204 Å². The van der Waals surface area contributed by atoms with Gasteiger partial charge < -0.3 is 20.3 Å². The minimum absolute atomic E-state index is 0.0883. The summed E-state index contributed by atoms with van der Waals surface area (Å²) in [5, 5.41) is 7.20. The third-order valence-electron chi connectivity index (χ3n) is 5.81. The van der Waals surface area contributed by atoms with Crippen molar-refractivity contribution in [3.63, 3.8) is 0 Å². The minimum Gasteiger partial charge on any atom is -0.438 e. The molecule has 34 heavy (non-hydrogen) atoms. The number of ether oxygens (including phenoxy) is 1. The molecule has 1 fully saturated rings. The molecule has 2 aromatic heterocycles. The monoisotopic (exact) mass is 480 g/mol. The van der Waals surface area contributed by atoms with Crippen molar-refractivity contribution >= 4 is 29.3 Å². The zero-order valence-corrected chi connectivity index (χ0v) is 20.3. The van der Waals surface area contributed by atoms with Crippen molar-refractivity contribution in [3.8, 4) is 11.6 Å². The number of amides is 1. The number of nitrogens with zero attached hydrogens (tertiary/aromatic N) is 4. The van der Waals surface area contributed by atoms with Gasteiger partial charge in [0.05, 0.1) is 0 Å². The van der Waals surface area contributed by atoms with Crippen molar-refractivity contribution in [2.45, 2.75) is 44.7 Å². The van der Waals surface area contributed by atoms with Crippen LogP contribution in [-0.4, -0.2) is 47.0 Å². The first kappa shape index (κ1) is 23.8. The summed E-state index contributed by atoms with van der Waals surface area (Å²) in [6.45, 7) is 2.00. The van der Waals surface area contributed by atoms with E-state index in [1.54, 1.807) is 42.6 Å². The summed E-state index contributed by atoms with van der Waals surface area (Å²) >= 11 is 5.94. The topological polar surface area (TPSA) is 92.3 Å². The first-order valence-electron chi connectivity index (χ1n) is 11.4. The highest BCUT2D eigenvalue weighted by Gasteiger charge is 2.25. The number of anilines is 2. The summed E-state index contributed by atoms with van der Waals surface area (Å²) in [6.07, 6.45) is 7.01. The van der Waals surface area contributed by atoms with Gasteiger partial charge in [0, 0.05) is 49.2 Å². The van der Waals surface area contributed by atoms with E-state index in [-0.39, 0.29) is 23.9 Å². The smallest absolute Gasteiger partial charge is 0.257 e. The quantitative estimate of drug-likeness (QED) is 0.499. The second kappa shape index (κ2) is 10.7. The van der Waals surface area contributed by atoms with Gasteiger partial charge in [0.2, 0.25) is 11.8 Å². The molecule has 3 aromatic rings. The molecule has 4 rings (SSSR count). The molecule has 0 spiro atoms. The van der Waals surface area contributed by atoms with Crippen LogP contribution in [0.5, 0.6) is 11.6 Å². The first-order valence-corrected chi connectivity index (χ1v) is 11.7. The van der Waals surface area contributed by atoms with Crippen LogP contribution < -0.4 is 20.3 Å². The highest BCUT2D eigenvalue weighted by atomic mass is 35.5. The summed E-state index contributed by atoms with van der Waals surface area (Å²) in [7, 11) is 3.95. The molecular weight excluding hydrogens is 452 g/mol. The number of aryl methyl sites for hydroxylation is 1. The first-order chi connectivity index (χ1) is 16.4. The Balaban J connectivity index is 1.33. The average molecular weight is 481 g/mol. The van der Waals surface area contributed by atoms with E-state index in [4.69, 9.17) is 16.3 Å². The third kappa shape index (κ3) is 5.94. The summed E-state index contributed by atoms with van der Waals surface area (Å²) < 4.78 is 5.84. The zero-order valence-electron chi connectivity index (χ0n) is 19.6. The van der Waals surface area contributed by atoms with Crippen LogP contribution in [0.1, 0.15) is 41.6 Å². The van der Waals surface area contributed by atoms with Crippen molar-refractivity contribution in [3.05, 3.63) is 64.9 Å². The number of carbonyl (C=O) groups is 1. The van der Waals surface area contributed by atoms with Gasteiger partial charge in [0.1, 0.15) is 17.1 Å². The molecule has 2 heterocycles. The number of benzene rings is 1. The molecule has 1 aliphatic carbocycles. The van der Waals surface area contributed by atoms with E-state index >= 15 is 0 Å². The molecule has 0 saturated heterocycles. The van der Waals surface area contributed by atoms with Crippen molar-refractivity contribution in [1.82, 2.24) is 20.3 Å². The van der Waals surface area contributed by atoms with E-state index in [1.807, 2.05) is 32.1 Å². The molecular formula is C25H29ClN6O2. The lowest BCUT2D eigenvalue weighted by molar-refractivity contribution is 0.0923. The van der Waals surface area contributed by atoms with Gasteiger partial charge in [0.25, 0.3) is 5.91 Å². The lowest BCUT2D eigenvalue weighted by Gasteiger charge is -2.30. The van der Waals surface area contributed by atoms with Gasteiger partial charge in [-0.1, -0.05) is 11.6 Å². The van der Waals surface area contributed by atoms with Gasteiger partial charge in [-0.15, -0.1) is 0 Å². The van der Waals surface area contributed by atoms with Gasteiger partial charge in [-0.3, -0.25) is 4.79 Å². The largest absolute Gasteiger partial charge is 0.438 e. The van der Waals surface area contributed by atoms with E-state index in [0.717, 1.165) is 37.1 Å². The second-order valence-corrected chi connectivity index (χ2v) is 9.11. The maximum absolute atomic E-state index is 13.0. The lowest BCUT2D eigenvalue weighted by atomic mass is 9.91. The van der Waals surface area contributed by atoms with Crippen molar-refractivity contribution in [1.29, 1.82) is 0 Å². The van der Waals surface area contributed by atoms with E-state index in [0.29, 0.717) is 22.3 Å². The second-order valence-electron chi connectivity index (χ2n) is 8.67. The van der Waals surface area contributed by atoms with Gasteiger partial charge in [-0.2, -0.15) is 4.98 Å². The van der Waals surface area contributed by atoms with Gasteiger partial charge in [-0.05, 0) is 69.0 Å². The molecule has 0 unspecified atom stereocenters. The minimum atomic E-state index is -0.189. The van der Waals surface area contributed by atoms with Crippen molar-refractivity contribution in [2.75, 3.05) is 24.3 Å². The molecule has 178 valence electrons. The Hall–Kier alpha value is -3.39. The van der Waals surface area contributed by atoms with Crippen LogP contribution in [-0.2, 0) is 0 Å². The summed E-state index contributed by atoms with van der Waals surface area (Å²) in [4.78, 5) is 28.3. The van der Waals surface area contributed by atoms with Gasteiger partial charge >= 0.3 is 0 Å². The fourth-order valence-electron chi connectivity index (χ4n) is 4.04. The normalized spacial score (nSPS) is 17.6. The van der Waals surface area contributed by atoms with Gasteiger partial charge in [0.15, 0.2) is 0 Å². The molecule has 0 aliphatic heterocycles. The molecule has 1 saturated carbocycles.